The molecule has 1 rings (SSSR count). The summed E-state index contributed by atoms with van der Waals surface area (Å²) < 4.78 is 0. The van der Waals surface area contributed by atoms with E-state index in [9.17, 15) is 63.0 Å². The van der Waals surface area contributed by atoms with Crippen molar-refractivity contribution in [1.29, 1.82) is 0 Å². The number of nitrogens with one attached hydrogen (secondary N) is 11. The number of unbranched alkanes of at least 4 members (excludes halogenated alkanes) is 1. The molecule has 470 valence electrons. The fraction of sp³-hybridized carbons (Fsp3) is 0.792. The molecule has 1 heterocycles. The SMILES string of the molecule is CC[C@H](C)CCCCC(=O)N[C@@H](CCN)C(=O)N[C@H](C(=O)N[C@@H](CCN)C(=O)N[C@H]1CCNC(=O)[C@H]([C@@H](C)O)NC(=O)[C@H](CCN)NC(=O)[C@H](CCN)NC(=O)[C@H](CC(C)C)NC(=O)[C@@H](CC(C)C)NC(=O)[C@H](CCN)NC1=O)[C@@H](C)O. The van der Waals surface area contributed by atoms with Crippen molar-refractivity contribution in [2.75, 3.05) is 39.3 Å². The average molecular weight is 1170 g/mol. The summed E-state index contributed by atoms with van der Waals surface area (Å²) in [7, 11) is 0. The molecule has 29 nitrogen and oxygen atoms in total. The zero-order chi connectivity index (χ0) is 62.2. The Balaban J connectivity index is 3.81. The molecule has 0 aromatic carbocycles. The molecule has 1 fully saturated rings. The van der Waals surface area contributed by atoms with E-state index in [1.165, 1.54) is 13.8 Å². The van der Waals surface area contributed by atoms with Gasteiger partial charge in [0.05, 0.1) is 12.2 Å². The number of hydrogen-bond donors (Lipinski definition) is 18. The van der Waals surface area contributed by atoms with E-state index in [-0.39, 0.29) is 95.9 Å². The van der Waals surface area contributed by atoms with Crippen molar-refractivity contribution in [2.24, 2.45) is 46.4 Å². The van der Waals surface area contributed by atoms with Crippen LogP contribution in [0, 0.1) is 17.8 Å². The fourth-order valence-electron chi connectivity index (χ4n) is 8.76. The fourth-order valence-corrected chi connectivity index (χ4v) is 8.76. The number of carbonyl (C=O) groups is 11. The minimum Gasteiger partial charge on any atom is -0.391 e. The van der Waals surface area contributed by atoms with Crippen LogP contribution in [0.2, 0.25) is 0 Å². The lowest BCUT2D eigenvalue weighted by Gasteiger charge is -2.29. The van der Waals surface area contributed by atoms with Crippen molar-refractivity contribution in [2.45, 2.75) is 211 Å². The highest BCUT2D eigenvalue weighted by Gasteiger charge is 2.37. The summed E-state index contributed by atoms with van der Waals surface area (Å²) >= 11 is 0. The number of amides is 11. The van der Waals surface area contributed by atoms with Crippen LogP contribution < -0.4 is 87.2 Å². The maximum Gasteiger partial charge on any atom is 0.245 e. The second-order valence-corrected chi connectivity index (χ2v) is 22.0. The van der Waals surface area contributed by atoms with Crippen molar-refractivity contribution in [3.8, 4) is 0 Å². The topological polar surface area (TPSA) is 491 Å². The van der Waals surface area contributed by atoms with Gasteiger partial charge in [-0.3, -0.25) is 52.7 Å². The van der Waals surface area contributed by atoms with E-state index in [1.807, 2.05) is 0 Å². The van der Waals surface area contributed by atoms with Crippen molar-refractivity contribution in [1.82, 2.24) is 58.5 Å². The summed E-state index contributed by atoms with van der Waals surface area (Å²) in [5.41, 5.74) is 29.2. The van der Waals surface area contributed by atoms with Gasteiger partial charge in [-0.25, -0.2) is 0 Å². The zero-order valence-electron chi connectivity index (χ0n) is 49.4. The Morgan fingerprint density at radius 3 is 1.39 bits per heavy atom. The molecule has 0 radical (unpaired) electrons. The predicted octanol–water partition coefficient (Wildman–Crippen LogP) is -5.44. The van der Waals surface area contributed by atoms with Gasteiger partial charge in [0, 0.05) is 13.0 Å². The molecule has 11 amide bonds. The first-order valence-corrected chi connectivity index (χ1v) is 28.8. The third kappa shape index (κ3) is 27.3. The second kappa shape index (κ2) is 39.4. The van der Waals surface area contributed by atoms with Gasteiger partial charge in [-0.1, -0.05) is 60.8 Å². The Bertz CT molecular complexity index is 2070. The van der Waals surface area contributed by atoms with Crippen molar-refractivity contribution in [3.63, 3.8) is 0 Å². The van der Waals surface area contributed by atoms with Crippen LogP contribution in [-0.4, -0.2) is 187 Å². The third-order valence-corrected chi connectivity index (χ3v) is 13.7. The quantitative estimate of drug-likeness (QED) is 0.0311. The van der Waals surface area contributed by atoms with Gasteiger partial charge in [-0.15, -0.1) is 0 Å². The summed E-state index contributed by atoms with van der Waals surface area (Å²) in [6.45, 7) is 12.6. The van der Waals surface area contributed by atoms with E-state index in [0.29, 0.717) is 12.3 Å². The number of nitrogens with two attached hydrogens (primary N) is 5. The molecule has 0 spiro atoms. The molecule has 29 heteroatoms. The van der Waals surface area contributed by atoms with Gasteiger partial charge in [0.25, 0.3) is 0 Å². The smallest absolute Gasteiger partial charge is 0.245 e. The van der Waals surface area contributed by atoms with E-state index in [1.54, 1.807) is 27.7 Å². The van der Waals surface area contributed by atoms with E-state index in [2.05, 4.69) is 72.3 Å². The van der Waals surface area contributed by atoms with Gasteiger partial charge < -0.3 is 97.4 Å². The van der Waals surface area contributed by atoms with Gasteiger partial charge in [0.1, 0.15) is 60.4 Å². The molecule has 0 aromatic heterocycles. The molecule has 0 aromatic rings. The Morgan fingerprint density at radius 1 is 0.524 bits per heavy atom. The molecular weight excluding hydrogens is 1070 g/mol. The monoisotopic (exact) mass is 1170 g/mol. The van der Waals surface area contributed by atoms with Gasteiger partial charge in [-0.2, -0.15) is 0 Å². The van der Waals surface area contributed by atoms with Crippen LogP contribution in [0.25, 0.3) is 0 Å². The van der Waals surface area contributed by atoms with Crippen molar-refractivity contribution >= 4 is 65.0 Å². The number of carbonyl (C=O) groups excluding carboxylic acids is 11. The predicted molar refractivity (Wildman–Crippen MR) is 305 cm³/mol. The van der Waals surface area contributed by atoms with E-state index in [0.717, 1.165) is 19.3 Å². The highest BCUT2D eigenvalue weighted by molar-refractivity contribution is 5.99. The van der Waals surface area contributed by atoms with E-state index < -0.39 is 151 Å². The standard InChI is InChI=1S/C53H100N16O13/c1-9-30(6)12-10-11-13-41(72)60-33(14-20-54)48(77)69-43(32(8)71)53(82)65-36(17-23-57)45(74)64-38-19-25-59-52(81)42(31(7)70)68-49(78)37(18-24-58)62-44(73)34(15-21-55)63-50(79)39(26-28(2)3)67-51(80)40(27-29(4)5)66-46(75)35(16-22-56)61-47(38)76/h28-40,42-43,70-71H,9-27,54-58H2,1-8H3,(H,59,81)(H,60,72)(H,61,76)(H,62,73)(H,63,79)(H,64,74)(H,65,82)(H,66,75)(H,67,80)(H,68,78)(H,69,77)/t30-,31+,32+,33-,34-,35-,36-,37-,38-,39-,40+,42-,43-/m0/s1. The molecule has 0 saturated carbocycles. The largest absolute Gasteiger partial charge is 0.391 e. The highest BCUT2D eigenvalue weighted by atomic mass is 16.3. The molecule has 1 aliphatic rings. The summed E-state index contributed by atoms with van der Waals surface area (Å²) in [4.78, 5) is 153. The molecule has 1 aliphatic heterocycles. The van der Waals surface area contributed by atoms with E-state index >= 15 is 0 Å². The first kappa shape index (κ1) is 73.9. The molecule has 1 saturated heterocycles. The van der Waals surface area contributed by atoms with Crippen LogP contribution in [0.1, 0.15) is 139 Å². The molecule has 0 unspecified atom stereocenters. The summed E-state index contributed by atoms with van der Waals surface area (Å²) in [6.07, 6.45) is -0.760. The van der Waals surface area contributed by atoms with E-state index in [4.69, 9.17) is 28.7 Å². The molecule has 13 atom stereocenters. The lowest BCUT2D eigenvalue weighted by Crippen LogP contribution is -2.62. The summed E-state index contributed by atoms with van der Waals surface area (Å²) in [5.74, 6) is -9.49. The minimum atomic E-state index is -1.69. The Kier molecular flexibility index (Phi) is 35.5. The van der Waals surface area contributed by atoms with Crippen LogP contribution in [0.5, 0.6) is 0 Å². The number of hydrogen-bond acceptors (Lipinski definition) is 18. The third-order valence-electron chi connectivity index (χ3n) is 13.7. The van der Waals surface area contributed by atoms with Gasteiger partial charge >= 0.3 is 0 Å². The molecular formula is C53H100N16O13. The Labute approximate surface area is 482 Å². The number of aliphatic hydroxyl groups is 2. The van der Waals surface area contributed by atoms with Crippen LogP contribution >= 0.6 is 0 Å². The first-order valence-electron chi connectivity index (χ1n) is 28.8. The summed E-state index contributed by atoms with van der Waals surface area (Å²) in [5, 5.41) is 49.5. The van der Waals surface area contributed by atoms with Crippen LogP contribution in [0.3, 0.4) is 0 Å². The highest BCUT2D eigenvalue weighted by Crippen LogP contribution is 2.14. The van der Waals surface area contributed by atoms with Crippen LogP contribution in [-0.2, 0) is 52.7 Å². The Morgan fingerprint density at radius 2 is 0.963 bits per heavy atom. The second-order valence-electron chi connectivity index (χ2n) is 22.0. The molecule has 0 bridgehead atoms. The lowest BCUT2D eigenvalue weighted by molar-refractivity contribution is -0.137. The molecule has 0 aliphatic carbocycles. The normalized spacial score (nSPS) is 23.4. The minimum absolute atomic E-state index is 0.0131. The lowest BCUT2D eigenvalue weighted by atomic mass is 9.99. The number of aliphatic hydroxyl groups excluding tert-OH is 2. The van der Waals surface area contributed by atoms with Crippen molar-refractivity contribution < 1.29 is 63.0 Å². The maximum atomic E-state index is 14.4. The molecule has 23 N–H and O–H groups in total. The first-order chi connectivity index (χ1) is 38.7. The zero-order valence-corrected chi connectivity index (χ0v) is 49.4. The molecule has 82 heavy (non-hydrogen) atoms. The van der Waals surface area contributed by atoms with Crippen LogP contribution in [0.4, 0.5) is 0 Å². The van der Waals surface area contributed by atoms with Gasteiger partial charge in [-0.05, 0) is 122 Å². The average Bonchev–Trinajstić information content (AvgIpc) is 3.41. The van der Waals surface area contributed by atoms with Crippen molar-refractivity contribution in [3.05, 3.63) is 0 Å². The van der Waals surface area contributed by atoms with Gasteiger partial charge in [0.15, 0.2) is 0 Å². The van der Waals surface area contributed by atoms with Gasteiger partial charge in [0.2, 0.25) is 65.0 Å². The summed E-state index contributed by atoms with van der Waals surface area (Å²) in [6, 6.07) is -14.5. The van der Waals surface area contributed by atoms with Crippen LogP contribution in [0.15, 0.2) is 0 Å². The maximum absolute atomic E-state index is 14.4. The number of rotatable bonds is 29. The Hall–Kier alpha value is -6.11.